The molecule has 4 heteroatoms. The Balaban J connectivity index is 2.29. The molecular weight excluding hydrogens is 246 g/mol. The van der Waals surface area contributed by atoms with Gasteiger partial charge in [0.05, 0.1) is 11.3 Å². The number of thioether (sulfide) groups is 1. The molecule has 98 valence electrons. The summed E-state index contributed by atoms with van der Waals surface area (Å²) in [5.74, 6) is 0.241. The van der Waals surface area contributed by atoms with Gasteiger partial charge in [0.1, 0.15) is 0 Å². The average Bonchev–Trinajstić information content (AvgIpc) is 2.38. The highest BCUT2D eigenvalue weighted by Gasteiger charge is 2.22. The number of hydrogen-bond donors (Lipinski definition) is 1. The third kappa shape index (κ3) is 2.80. The first-order valence-electron chi connectivity index (χ1n) is 6.32. The molecule has 1 saturated heterocycles. The third-order valence-electron chi connectivity index (χ3n) is 3.32. The molecule has 1 unspecified atom stereocenters. The zero-order chi connectivity index (χ0) is 13.1. The van der Waals surface area contributed by atoms with Crippen LogP contribution in [0, 0.1) is 6.92 Å². The van der Waals surface area contributed by atoms with Crippen LogP contribution in [0.3, 0.4) is 0 Å². The third-order valence-corrected chi connectivity index (χ3v) is 4.69. The fraction of sp³-hybridized carbons (Fsp3) is 0.500. The minimum atomic E-state index is -0.833. The van der Waals surface area contributed by atoms with Crippen LogP contribution in [0.5, 0.6) is 0 Å². The average molecular weight is 265 g/mol. The Morgan fingerprint density at radius 3 is 3.00 bits per heavy atom. The summed E-state index contributed by atoms with van der Waals surface area (Å²) in [5, 5.41) is 9.92. The summed E-state index contributed by atoms with van der Waals surface area (Å²) < 4.78 is 0. The first kappa shape index (κ1) is 13.3. The number of carboxylic acids is 1. The molecule has 0 aliphatic carbocycles. The van der Waals surface area contributed by atoms with E-state index in [1.807, 2.05) is 30.8 Å². The van der Waals surface area contributed by atoms with Gasteiger partial charge in [0, 0.05) is 24.1 Å². The molecule has 1 N–H and O–H groups in total. The van der Waals surface area contributed by atoms with E-state index in [0.29, 0.717) is 10.8 Å². The Labute approximate surface area is 112 Å². The molecular formula is C14H19NO2S. The number of carbonyl (C=O) groups is 1. The standard InChI is InChI=1S/C14H19NO2S/c1-3-11-9-15(6-7-18-11)13-5-4-10(2)8-12(13)14(16)17/h4-5,8,11H,3,6-7,9H2,1-2H3,(H,16,17). The van der Waals surface area contributed by atoms with Crippen LogP contribution < -0.4 is 4.90 Å². The van der Waals surface area contributed by atoms with E-state index in [-0.39, 0.29) is 0 Å². The number of benzene rings is 1. The van der Waals surface area contributed by atoms with Crippen molar-refractivity contribution >= 4 is 23.4 Å². The monoisotopic (exact) mass is 265 g/mol. The highest BCUT2D eigenvalue weighted by molar-refractivity contribution is 8.00. The van der Waals surface area contributed by atoms with Crippen molar-refractivity contribution in [3.63, 3.8) is 0 Å². The van der Waals surface area contributed by atoms with Gasteiger partial charge < -0.3 is 10.0 Å². The van der Waals surface area contributed by atoms with Crippen LogP contribution >= 0.6 is 11.8 Å². The SMILES string of the molecule is CCC1CN(c2ccc(C)cc2C(=O)O)CCS1. The van der Waals surface area contributed by atoms with Gasteiger partial charge in [0.25, 0.3) is 0 Å². The van der Waals surface area contributed by atoms with Crippen LogP contribution in [-0.2, 0) is 0 Å². The summed E-state index contributed by atoms with van der Waals surface area (Å²) in [7, 11) is 0. The maximum Gasteiger partial charge on any atom is 0.337 e. The Morgan fingerprint density at radius 2 is 2.33 bits per heavy atom. The van der Waals surface area contributed by atoms with Crippen molar-refractivity contribution in [2.75, 3.05) is 23.7 Å². The molecule has 0 radical (unpaired) electrons. The van der Waals surface area contributed by atoms with Crippen molar-refractivity contribution in [1.29, 1.82) is 0 Å². The van der Waals surface area contributed by atoms with Gasteiger partial charge in [-0.05, 0) is 25.5 Å². The van der Waals surface area contributed by atoms with Gasteiger partial charge in [-0.15, -0.1) is 0 Å². The number of carboxylic acid groups (broad SMARTS) is 1. The highest BCUT2D eigenvalue weighted by Crippen LogP contribution is 2.28. The summed E-state index contributed by atoms with van der Waals surface area (Å²) in [6.07, 6.45) is 1.13. The second kappa shape index (κ2) is 5.65. The number of rotatable bonds is 3. The first-order valence-corrected chi connectivity index (χ1v) is 7.37. The van der Waals surface area contributed by atoms with Crippen LogP contribution in [0.4, 0.5) is 5.69 Å². The summed E-state index contributed by atoms with van der Waals surface area (Å²) >= 11 is 1.99. The molecule has 3 nitrogen and oxygen atoms in total. The molecule has 1 heterocycles. The van der Waals surface area contributed by atoms with Crippen LogP contribution in [-0.4, -0.2) is 35.2 Å². The van der Waals surface area contributed by atoms with Gasteiger partial charge >= 0.3 is 5.97 Å². The van der Waals surface area contributed by atoms with E-state index in [4.69, 9.17) is 0 Å². The predicted molar refractivity (Wildman–Crippen MR) is 76.9 cm³/mol. The summed E-state index contributed by atoms with van der Waals surface area (Å²) in [5.41, 5.74) is 2.29. The van der Waals surface area contributed by atoms with E-state index >= 15 is 0 Å². The Bertz CT molecular complexity index is 447. The molecule has 1 aromatic rings. The van der Waals surface area contributed by atoms with Crippen LogP contribution in [0.25, 0.3) is 0 Å². The fourth-order valence-corrected chi connectivity index (χ4v) is 3.46. The smallest absolute Gasteiger partial charge is 0.337 e. The van der Waals surface area contributed by atoms with Gasteiger partial charge in [-0.1, -0.05) is 18.6 Å². The molecule has 0 spiro atoms. The van der Waals surface area contributed by atoms with E-state index in [0.717, 1.165) is 36.5 Å². The zero-order valence-electron chi connectivity index (χ0n) is 10.8. The van der Waals surface area contributed by atoms with Crippen LogP contribution in [0.1, 0.15) is 29.3 Å². The molecule has 1 atom stereocenters. The first-order chi connectivity index (χ1) is 8.61. The maximum absolute atomic E-state index is 11.3. The predicted octanol–water partition coefficient (Wildman–Crippen LogP) is 3.03. The lowest BCUT2D eigenvalue weighted by Crippen LogP contribution is -2.38. The van der Waals surface area contributed by atoms with Crippen molar-refractivity contribution in [2.45, 2.75) is 25.5 Å². The molecule has 2 rings (SSSR count). The van der Waals surface area contributed by atoms with Crippen molar-refractivity contribution in [1.82, 2.24) is 0 Å². The van der Waals surface area contributed by atoms with Gasteiger partial charge in [-0.2, -0.15) is 11.8 Å². The topological polar surface area (TPSA) is 40.5 Å². The molecule has 0 aromatic heterocycles. The lowest BCUT2D eigenvalue weighted by Gasteiger charge is -2.34. The van der Waals surface area contributed by atoms with E-state index < -0.39 is 5.97 Å². The van der Waals surface area contributed by atoms with Gasteiger partial charge in [0.2, 0.25) is 0 Å². The molecule has 0 bridgehead atoms. The number of anilines is 1. The van der Waals surface area contributed by atoms with Crippen molar-refractivity contribution < 1.29 is 9.90 Å². The highest BCUT2D eigenvalue weighted by atomic mass is 32.2. The second-order valence-electron chi connectivity index (χ2n) is 4.67. The number of aryl methyl sites for hydroxylation is 1. The molecule has 0 saturated carbocycles. The Hall–Kier alpha value is -1.16. The van der Waals surface area contributed by atoms with Crippen molar-refractivity contribution in [2.24, 2.45) is 0 Å². The normalized spacial score (nSPS) is 19.9. The quantitative estimate of drug-likeness (QED) is 0.912. The van der Waals surface area contributed by atoms with Crippen LogP contribution in [0.2, 0.25) is 0 Å². The van der Waals surface area contributed by atoms with Crippen molar-refractivity contribution in [3.05, 3.63) is 29.3 Å². The maximum atomic E-state index is 11.3. The molecule has 1 aliphatic rings. The van der Waals surface area contributed by atoms with Gasteiger partial charge in [-0.25, -0.2) is 4.79 Å². The number of hydrogen-bond acceptors (Lipinski definition) is 3. The molecule has 0 amide bonds. The zero-order valence-corrected chi connectivity index (χ0v) is 11.7. The summed E-state index contributed by atoms with van der Waals surface area (Å²) in [6.45, 7) is 6.00. The fourth-order valence-electron chi connectivity index (χ4n) is 2.28. The van der Waals surface area contributed by atoms with Crippen LogP contribution in [0.15, 0.2) is 18.2 Å². The lowest BCUT2D eigenvalue weighted by atomic mass is 10.1. The second-order valence-corrected chi connectivity index (χ2v) is 6.08. The molecule has 18 heavy (non-hydrogen) atoms. The van der Waals surface area contributed by atoms with Crippen molar-refractivity contribution in [3.8, 4) is 0 Å². The number of aromatic carboxylic acids is 1. The van der Waals surface area contributed by atoms with E-state index in [1.165, 1.54) is 0 Å². The summed E-state index contributed by atoms with van der Waals surface area (Å²) in [6, 6.07) is 5.70. The molecule has 1 aliphatic heterocycles. The largest absolute Gasteiger partial charge is 0.478 e. The number of nitrogens with zero attached hydrogens (tertiary/aromatic N) is 1. The lowest BCUT2D eigenvalue weighted by molar-refractivity contribution is 0.0697. The molecule has 1 fully saturated rings. The van der Waals surface area contributed by atoms with E-state index in [9.17, 15) is 9.90 Å². The van der Waals surface area contributed by atoms with Gasteiger partial charge in [0.15, 0.2) is 0 Å². The van der Waals surface area contributed by atoms with Gasteiger partial charge in [-0.3, -0.25) is 0 Å². The Kier molecular flexibility index (Phi) is 4.17. The minimum absolute atomic E-state index is 0.428. The van der Waals surface area contributed by atoms with E-state index in [2.05, 4.69) is 11.8 Å². The Morgan fingerprint density at radius 1 is 1.56 bits per heavy atom. The molecule has 1 aromatic carbocycles. The minimum Gasteiger partial charge on any atom is -0.478 e. The summed E-state index contributed by atoms with van der Waals surface area (Å²) in [4.78, 5) is 13.6. The van der Waals surface area contributed by atoms with E-state index in [1.54, 1.807) is 6.07 Å².